The largest absolute Gasteiger partial charge is 0.414 e. The van der Waals surface area contributed by atoms with Crippen LogP contribution >= 0.6 is 0 Å². The Hall–Kier alpha value is -0.653. The van der Waals surface area contributed by atoms with Gasteiger partial charge in [-0.2, -0.15) is 0 Å². The molecule has 3 nitrogen and oxygen atoms in total. The minimum absolute atomic E-state index is 0.159. The van der Waals surface area contributed by atoms with Gasteiger partial charge in [-0.3, -0.25) is 0 Å². The van der Waals surface area contributed by atoms with Gasteiger partial charge >= 0.3 is 0 Å². The summed E-state index contributed by atoms with van der Waals surface area (Å²) in [7, 11) is -5.07. The van der Waals surface area contributed by atoms with Gasteiger partial charge in [0.25, 0.3) is 0 Å². The van der Waals surface area contributed by atoms with Gasteiger partial charge in [0, 0.05) is 6.10 Å². The van der Waals surface area contributed by atoms with Gasteiger partial charge in [-0.1, -0.05) is 84.8 Å². The average molecular weight is 575 g/mol. The molecule has 0 amide bonds. The van der Waals surface area contributed by atoms with Crippen molar-refractivity contribution in [3.05, 3.63) is 34.9 Å². The number of rotatable bonds is 7. The predicted molar refractivity (Wildman–Crippen MR) is 169 cm³/mol. The van der Waals surface area contributed by atoms with Gasteiger partial charge in [0.2, 0.25) is 0 Å². The second kappa shape index (κ2) is 11.2. The third-order valence-corrected chi connectivity index (χ3v) is 18.3. The van der Waals surface area contributed by atoms with Crippen LogP contribution in [0.5, 0.6) is 0 Å². The molecular formula is C34H58O3SSi. The molecule has 1 aliphatic heterocycles. The first-order valence-corrected chi connectivity index (χ1v) is 20.6. The Morgan fingerprint density at radius 1 is 1.03 bits per heavy atom. The summed E-state index contributed by atoms with van der Waals surface area (Å²) in [4.78, 5) is 0. The maximum atomic E-state index is 13.6. The molecule has 39 heavy (non-hydrogen) atoms. The molecule has 0 spiro atoms. The summed E-state index contributed by atoms with van der Waals surface area (Å²) >= 11 is 0. The van der Waals surface area contributed by atoms with E-state index in [9.17, 15) is 8.42 Å². The third kappa shape index (κ3) is 6.26. The number of fused-ring (bicyclic) bond motifs is 1. The van der Waals surface area contributed by atoms with Crippen molar-refractivity contribution in [2.45, 2.75) is 136 Å². The Kier molecular flexibility index (Phi) is 8.99. The Morgan fingerprint density at radius 2 is 1.72 bits per heavy atom. The van der Waals surface area contributed by atoms with Crippen LogP contribution in [-0.2, 0) is 14.3 Å². The van der Waals surface area contributed by atoms with Gasteiger partial charge in [-0.15, -0.1) is 0 Å². The maximum absolute atomic E-state index is 13.6. The van der Waals surface area contributed by atoms with E-state index in [-0.39, 0.29) is 22.3 Å². The van der Waals surface area contributed by atoms with Crippen molar-refractivity contribution in [3.63, 3.8) is 0 Å². The van der Waals surface area contributed by atoms with Crippen molar-refractivity contribution in [1.82, 2.24) is 0 Å². The van der Waals surface area contributed by atoms with Crippen LogP contribution in [0, 0.1) is 35.0 Å². The smallest absolute Gasteiger partial charge is 0.192 e. The van der Waals surface area contributed by atoms with Gasteiger partial charge in [-0.05, 0) is 110 Å². The van der Waals surface area contributed by atoms with Crippen LogP contribution in [0.3, 0.4) is 0 Å². The van der Waals surface area contributed by atoms with Crippen LogP contribution in [0.25, 0.3) is 0 Å². The maximum Gasteiger partial charge on any atom is 0.192 e. The molecule has 0 bridgehead atoms. The number of sulfone groups is 1. The lowest BCUT2D eigenvalue weighted by atomic mass is 9.61. The van der Waals surface area contributed by atoms with Gasteiger partial charge < -0.3 is 4.43 Å². The average Bonchev–Trinajstić information content (AvgIpc) is 3.29. The summed E-state index contributed by atoms with van der Waals surface area (Å²) in [6.45, 7) is 23.4. The fourth-order valence-corrected chi connectivity index (χ4v) is 11.4. The summed E-state index contributed by atoms with van der Waals surface area (Å²) < 4.78 is 34.0. The van der Waals surface area contributed by atoms with E-state index in [2.05, 4.69) is 86.7 Å². The van der Waals surface area contributed by atoms with Crippen LogP contribution in [-0.4, -0.2) is 33.8 Å². The molecule has 2 fully saturated rings. The molecule has 1 heterocycles. The summed E-state index contributed by atoms with van der Waals surface area (Å²) in [5.41, 5.74) is 4.12. The topological polar surface area (TPSA) is 43.4 Å². The Balaban J connectivity index is 1.56. The van der Waals surface area contributed by atoms with Gasteiger partial charge in [0.15, 0.2) is 18.2 Å². The number of allylic oxidation sites excluding steroid dienone is 3. The first-order chi connectivity index (χ1) is 18.0. The van der Waals surface area contributed by atoms with Crippen molar-refractivity contribution >= 4 is 18.2 Å². The van der Waals surface area contributed by atoms with E-state index in [0.29, 0.717) is 29.6 Å². The van der Waals surface area contributed by atoms with Crippen LogP contribution in [0.15, 0.2) is 34.9 Å². The van der Waals surface area contributed by atoms with Crippen LogP contribution in [0.2, 0.25) is 18.1 Å². The van der Waals surface area contributed by atoms with Gasteiger partial charge in [0.1, 0.15) is 5.25 Å². The molecule has 4 rings (SSSR count). The zero-order valence-electron chi connectivity index (χ0n) is 26.8. The molecule has 0 aromatic heterocycles. The summed E-state index contributed by atoms with van der Waals surface area (Å²) in [5.74, 6) is 3.31. The molecule has 4 aliphatic rings. The Morgan fingerprint density at radius 3 is 2.36 bits per heavy atom. The van der Waals surface area contributed by atoms with E-state index in [0.717, 1.165) is 25.7 Å². The second-order valence-corrected chi connectivity index (χ2v) is 22.7. The van der Waals surface area contributed by atoms with E-state index in [1.807, 2.05) is 0 Å². The minimum Gasteiger partial charge on any atom is -0.414 e. The standard InChI is InChI=1S/C34H58O3SSi/c1-23(2)24(3)13-14-25(4)30-17-18-31-26(12-11-19-34(30,31)8)20-32-29-21-28(37-39(9,10)33(5,6)7)16-15-27(29)22-38(32,35)36/h13-14,20,23-25,28,30-32H,11-12,15-19,21-22H2,1-10H3/b14-13+,26-20+/t24-,25+,28-,30?,31?,32?,34+/m0/s1. The fraction of sp³-hybridized carbons (Fsp3) is 0.824. The van der Waals surface area contributed by atoms with Crippen molar-refractivity contribution in [2.24, 2.45) is 35.0 Å². The van der Waals surface area contributed by atoms with Crippen LogP contribution < -0.4 is 0 Å². The van der Waals surface area contributed by atoms with Gasteiger partial charge in [-0.25, -0.2) is 8.42 Å². The van der Waals surface area contributed by atoms with Crippen LogP contribution in [0.1, 0.15) is 107 Å². The number of hydrogen-bond acceptors (Lipinski definition) is 3. The van der Waals surface area contributed by atoms with E-state index in [1.54, 1.807) is 0 Å². The normalized spacial score (nSPS) is 36.0. The molecule has 5 heteroatoms. The summed E-state index contributed by atoms with van der Waals surface area (Å²) in [6.07, 6.45) is 16.0. The zero-order valence-corrected chi connectivity index (χ0v) is 28.6. The lowest BCUT2D eigenvalue weighted by Gasteiger charge is -2.44. The molecule has 0 radical (unpaired) electrons. The van der Waals surface area contributed by atoms with E-state index in [1.165, 1.54) is 42.4 Å². The van der Waals surface area contributed by atoms with E-state index >= 15 is 0 Å². The Labute approximate surface area is 242 Å². The molecule has 222 valence electrons. The molecule has 2 saturated carbocycles. The van der Waals surface area contributed by atoms with Crippen LogP contribution in [0.4, 0.5) is 0 Å². The first kappa shape index (κ1) is 31.3. The highest BCUT2D eigenvalue weighted by atomic mass is 32.2. The van der Waals surface area contributed by atoms with Gasteiger partial charge in [0.05, 0.1) is 5.75 Å². The molecule has 0 saturated heterocycles. The van der Waals surface area contributed by atoms with Crippen molar-refractivity contribution in [3.8, 4) is 0 Å². The SMILES string of the molecule is CC(C)[C@@H](C)/C=C/[C@@H](C)C1CCC2/C(=C/C3C4=C(CC[C@H](O[Si](C)(C)C(C)(C)C)C4)CS3(=O)=O)CCC[C@@]21C. The Bertz CT molecular complexity index is 1110. The molecule has 3 aliphatic carbocycles. The highest BCUT2D eigenvalue weighted by Crippen LogP contribution is 2.60. The molecule has 7 atom stereocenters. The second-order valence-electron chi connectivity index (χ2n) is 15.8. The highest BCUT2D eigenvalue weighted by Gasteiger charge is 2.51. The van der Waals surface area contributed by atoms with E-state index in [4.69, 9.17) is 4.43 Å². The lowest BCUT2D eigenvalue weighted by molar-refractivity contribution is 0.111. The summed E-state index contributed by atoms with van der Waals surface area (Å²) in [6, 6.07) is 0. The molecular weight excluding hydrogens is 517 g/mol. The fourth-order valence-electron chi connectivity index (χ4n) is 7.96. The first-order valence-electron chi connectivity index (χ1n) is 16.0. The van der Waals surface area contributed by atoms with Crippen molar-refractivity contribution < 1.29 is 12.8 Å². The molecule has 0 aromatic rings. The minimum atomic E-state index is -3.18. The van der Waals surface area contributed by atoms with E-state index < -0.39 is 23.4 Å². The monoisotopic (exact) mass is 574 g/mol. The quantitative estimate of drug-likeness (QED) is 0.225. The molecule has 0 aromatic carbocycles. The predicted octanol–water partition coefficient (Wildman–Crippen LogP) is 9.28. The zero-order chi connectivity index (χ0) is 29.0. The lowest BCUT2D eigenvalue weighted by Crippen LogP contribution is -2.44. The number of hydrogen-bond donors (Lipinski definition) is 0. The van der Waals surface area contributed by atoms with Crippen molar-refractivity contribution in [1.29, 1.82) is 0 Å². The highest BCUT2D eigenvalue weighted by molar-refractivity contribution is 7.92. The molecule has 0 N–H and O–H groups in total. The summed E-state index contributed by atoms with van der Waals surface area (Å²) in [5, 5.41) is -0.255. The van der Waals surface area contributed by atoms with Crippen molar-refractivity contribution in [2.75, 3.05) is 5.75 Å². The third-order valence-electron chi connectivity index (χ3n) is 11.9. The molecule has 3 unspecified atom stereocenters.